The molecule has 19 heavy (non-hydrogen) atoms. The predicted molar refractivity (Wildman–Crippen MR) is 76.3 cm³/mol. The van der Waals surface area contributed by atoms with Crippen LogP contribution in [-0.2, 0) is 4.79 Å². The first kappa shape index (κ1) is 15.4. The fourth-order valence-electron chi connectivity index (χ4n) is 1.62. The van der Waals surface area contributed by atoms with Crippen molar-refractivity contribution in [2.75, 3.05) is 27.2 Å². The molecule has 0 radical (unpaired) electrons. The Labute approximate surface area is 114 Å². The van der Waals surface area contributed by atoms with Crippen LogP contribution in [0, 0.1) is 6.92 Å². The highest BCUT2D eigenvalue weighted by Gasteiger charge is 2.08. The summed E-state index contributed by atoms with van der Waals surface area (Å²) in [4.78, 5) is 25.4. The van der Waals surface area contributed by atoms with Crippen molar-refractivity contribution in [3.8, 4) is 0 Å². The number of hydrogen-bond acceptors (Lipinski definition) is 3. The van der Waals surface area contributed by atoms with Crippen LogP contribution in [0.15, 0.2) is 24.3 Å². The molecule has 0 bridgehead atoms. The summed E-state index contributed by atoms with van der Waals surface area (Å²) < 4.78 is 0. The van der Waals surface area contributed by atoms with Gasteiger partial charge in [0.15, 0.2) is 5.78 Å². The van der Waals surface area contributed by atoms with Crippen molar-refractivity contribution < 1.29 is 9.59 Å². The summed E-state index contributed by atoms with van der Waals surface area (Å²) in [5.41, 5.74) is 1.80. The van der Waals surface area contributed by atoms with Gasteiger partial charge >= 0.3 is 0 Å². The standard InChI is InChI=1S/C15H22N2O2/c1-12-4-6-13(7-5-12)14(18)8-9-15(19)16-10-11-17(2)3/h4-7H,8-11H2,1-3H3,(H,16,19). The van der Waals surface area contributed by atoms with Gasteiger partial charge in [-0.3, -0.25) is 9.59 Å². The van der Waals surface area contributed by atoms with Crippen LogP contribution in [0.4, 0.5) is 0 Å². The van der Waals surface area contributed by atoms with Crippen LogP contribution in [0.5, 0.6) is 0 Å². The molecule has 1 aromatic rings. The number of hydrogen-bond donors (Lipinski definition) is 1. The minimum Gasteiger partial charge on any atom is -0.355 e. The molecule has 0 saturated carbocycles. The lowest BCUT2D eigenvalue weighted by atomic mass is 10.1. The Kier molecular flexibility index (Phi) is 6.22. The van der Waals surface area contributed by atoms with Gasteiger partial charge in [-0.05, 0) is 21.0 Å². The molecule has 1 rings (SSSR count). The van der Waals surface area contributed by atoms with E-state index in [0.29, 0.717) is 12.1 Å². The summed E-state index contributed by atoms with van der Waals surface area (Å²) in [5, 5.41) is 2.80. The second kappa shape index (κ2) is 7.69. The van der Waals surface area contributed by atoms with Crippen molar-refractivity contribution in [3.05, 3.63) is 35.4 Å². The molecule has 4 heteroatoms. The van der Waals surface area contributed by atoms with Crippen molar-refractivity contribution in [1.82, 2.24) is 10.2 Å². The summed E-state index contributed by atoms with van der Waals surface area (Å²) in [7, 11) is 3.90. The molecule has 0 atom stereocenters. The fourth-order valence-corrected chi connectivity index (χ4v) is 1.62. The van der Waals surface area contributed by atoms with Crippen molar-refractivity contribution in [1.29, 1.82) is 0 Å². The van der Waals surface area contributed by atoms with Crippen molar-refractivity contribution in [2.45, 2.75) is 19.8 Å². The molecule has 0 aliphatic carbocycles. The maximum Gasteiger partial charge on any atom is 0.220 e. The molecule has 0 unspecified atom stereocenters. The van der Waals surface area contributed by atoms with Crippen molar-refractivity contribution >= 4 is 11.7 Å². The number of ketones is 1. The average molecular weight is 262 g/mol. The smallest absolute Gasteiger partial charge is 0.220 e. The number of benzene rings is 1. The van der Waals surface area contributed by atoms with E-state index in [1.165, 1.54) is 0 Å². The molecule has 0 fully saturated rings. The van der Waals surface area contributed by atoms with Gasteiger partial charge in [0.2, 0.25) is 5.91 Å². The van der Waals surface area contributed by atoms with E-state index in [9.17, 15) is 9.59 Å². The Balaban J connectivity index is 2.30. The molecule has 0 aliphatic rings. The lowest BCUT2D eigenvalue weighted by molar-refractivity contribution is -0.121. The molecular formula is C15H22N2O2. The Hall–Kier alpha value is -1.68. The van der Waals surface area contributed by atoms with E-state index in [0.717, 1.165) is 12.1 Å². The van der Waals surface area contributed by atoms with E-state index in [1.807, 2.05) is 50.2 Å². The molecule has 0 heterocycles. The van der Waals surface area contributed by atoms with Crippen molar-refractivity contribution in [3.63, 3.8) is 0 Å². The third kappa shape index (κ3) is 6.15. The molecule has 0 aliphatic heterocycles. The largest absolute Gasteiger partial charge is 0.355 e. The van der Waals surface area contributed by atoms with Gasteiger partial charge in [0, 0.05) is 31.5 Å². The summed E-state index contributed by atoms with van der Waals surface area (Å²) in [6, 6.07) is 7.43. The zero-order valence-electron chi connectivity index (χ0n) is 11.9. The number of likely N-dealkylation sites (N-methyl/N-ethyl adjacent to an activating group) is 1. The lowest BCUT2D eigenvalue weighted by Crippen LogP contribution is -2.31. The van der Waals surface area contributed by atoms with Crippen LogP contribution in [-0.4, -0.2) is 43.8 Å². The summed E-state index contributed by atoms with van der Waals surface area (Å²) in [5.74, 6) is -0.0509. The molecule has 1 N–H and O–H groups in total. The number of aryl methyl sites for hydroxylation is 1. The van der Waals surface area contributed by atoms with Crippen LogP contribution < -0.4 is 5.32 Å². The minimum absolute atomic E-state index is 0.0164. The lowest BCUT2D eigenvalue weighted by Gasteiger charge is -2.10. The Morgan fingerprint density at radius 1 is 1.11 bits per heavy atom. The Morgan fingerprint density at radius 3 is 2.32 bits per heavy atom. The van der Waals surface area contributed by atoms with Crippen LogP contribution in [0.2, 0.25) is 0 Å². The van der Waals surface area contributed by atoms with Gasteiger partial charge in [-0.15, -0.1) is 0 Å². The Bertz CT molecular complexity index is 424. The van der Waals surface area contributed by atoms with Crippen LogP contribution in [0.25, 0.3) is 0 Å². The van der Waals surface area contributed by atoms with Gasteiger partial charge in [0.1, 0.15) is 0 Å². The number of carbonyl (C=O) groups excluding carboxylic acids is 2. The molecule has 1 amide bonds. The van der Waals surface area contributed by atoms with E-state index < -0.39 is 0 Å². The van der Waals surface area contributed by atoms with Gasteiger partial charge in [0.25, 0.3) is 0 Å². The number of Topliss-reactive ketones (excluding diaryl/α,β-unsaturated/α-hetero) is 1. The van der Waals surface area contributed by atoms with Gasteiger partial charge in [-0.2, -0.15) is 0 Å². The molecule has 4 nitrogen and oxygen atoms in total. The number of amides is 1. The third-order valence-electron chi connectivity index (χ3n) is 2.83. The van der Waals surface area contributed by atoms with Crippen LogP contribution >= 0.6 is 0 Å². The molecule has 0 aromatic heterocycles. The fraction of sp³-hybridized carbons (Fsp3) is 0.467. The minimum atomic E-state index is -0.0673. The first-order valence-electron chi connectivity index (χ1n) is 6.50. The first-order chi connectivity index (χ1) is 8.99. The summed E-state index contributed by atoms with van der Waals surface area (Å²) in [6.07, 6.45) is 0.511. The maximum atomic E-state index is 11.9. The van der Waals surface area contributed by atoms with E-state index >= 15 is 0 Å². The second-order valence-corrected chi connectivity index (χ2v) is 4.94. The zero-order chi connectivity index (χ0) is 14.3. The molecular weight excluding hydrogens is 240 g/mol. The maximum absolute atomic E-state index is 11.9. The summed E-state index contributed by atoms with van der Waals surface area (Å²) in [6.45, 7) is 3.40. The molecule has 1 aromatic carbocycles. The topological polar surface area (TPSA) is 49.4 Å². The Morgan fingerprint density at radius 2 is 1.74 bits per heavy atom. The van der Waals surface area contributed by atoms with Crippen molar-refractivity contribution in [2.24, 2.45) is 0 Å². The average Bonchev–Trinajstić information content (AvgIpc) is 2.36. The quantitative estimate of drug-likeness (QED) is 0.760. The van der Waals surface area contributed by atoms with E-state index in [2.05, 4.69) is 5.32 Å². The second-order valence-electron chi connectivity index (χ2n) is 4.94. The van der Waals surface area contributed by atoms with Gasteiger partial charge < -0.3 is 10.2 Å². The van der Waals surface area contributed by atoms with Gasteiger partial charge in [0.05, 0.1) is 0 Å². The molecule has 104 valence electrons. The highest BCUT2D eigenvalue weighted by molar-refractivity contribution is 5.97. The molecule has 0 spiro atoms. The molecule has 0 saturated heterocycles. The highest BCUT2D eigenvalue weighted by Crippen LogP contribution is 2.07. The van der Waals surface area contributed by atoms with E-state index in [-0.39, 0.29) is 24.5 Å². The number of nitrogens with one attached hydrogen (secondary N) is 1. The highest BCUT2D eigenvalue weighted by atomic mass is 16.2. The van der Waals surface area contributed by atoms with Crippen LogP contribution in [0.1, 0.15) is 28.8 Å². The SMILES string of the molecule is Cc1ccc(C(=O)CCC(=O)NCCN(C)C)cc1. The third-order valence-corrected chi connectivity index (χ3v) is 2.83. The predicted octanol–water partition coefficient (Wildman–Crippen LogP) is 1.64. The van der Waals surface area contributed by atoms with E-state index in [4.69, 9.17) is 0 Å². The first-order valence-corrected chi connectivity index (χ1v) is 6.50. The monoisotopic (exact) mass is 262 g/mol. The number of rotatable bonds is 7. The zero-order valence-corrected chi connectivity index (χ0v) is 11.9. The summed E-state index contributed by atoms with van der Waals surface area (Å²) >= 11 is 0. The van der Waals surface area contributed by atoms with Crippen LogP contribution in [0.3, 0.4) is 0 Å². The van der Waals surface area contributed by atoms with Gasteiger partial charge in [-0.1, -0.05) is 29.8 Å². The number of nitrogens with zero attached hydrogens (tertiary/aromatic N) is 1. The number of carbonyl (C=O) groups is 2. The van der Waals surface area contributed by atoms with E-state index in [1.54, 1.807) is 0 Å². The normalized spacial score (nSPS) is 10.5. The van der Waals surface area contributed by atoms with Gasteiger partial charge in [-0.25, -0.2) is 0 Å².